The summed E-state index contributed by atoms with van der Waals surface area (Å²) in [6.07, 6.45) is 3.27. The predicted octanol–water partition coefficient (Wildman–Crippen LogP) is 1.87. The van der Waals surface area contributed by atoms with Crippen molar-refractivity contribution >= 4 is 11.4 Å². The molecule has 104 valence electrons. The Balaban J connectivity index is 1.86. The quantitative estimate of drug-likeness (QED) is 0.768. The summed E-state index contributed by atoms with van der Waals surface area (Å²) in [4.78, 5) is 2.03. The zero-order valence-electron chi connectivity index (χ0n) is 11.4. The minimum Gasteiger partial charge on any atom is -0.395 e. The van der Waals surface area contributed by atoms with Crippen LogP contribution in [0.3, 0.4) is 0 Å². The Morgan fingerprint density at radius 3 is 2.74 bits per heavy atom. The van der Waals surface area contributed by atoms with Crippen LogP contribution in [0.2, 0.25) is 0 Å². The average Bonchev–Trinajstić information content (AvgIpc) is 2.47. The van der Waals surface area contributed by atoms with Crippen molar-refractivity contribution in [3.05, 3.63) is 35.9 Å². The van der Waals surface area contributed by atoms with Gasteiger partial charge in [0.05, 0.1) is 19.8 Å². The third kappa shape index (κ3) is 4.26. The lowest BCUT2D eigenvalue weighted by atomic mass is 10.2. The van der Waals surface area contributed by atoms with Gasteiger partial charge in [0.1, 0.15) is 0 Å². The SMILES string of the molecule is CN(CCO)c1ccc(NCC2=CCCOC2)cc1. The van der Waals surface area contributed by atoms with Gasteiger partial charge in [-0.3, -0.25) is 0 Å². The molecule has 1 aliphatic heterocycles. The van der Waals surface area contributed by atoms with Gasteiger partial charge < -0.3 is 20.1 Å². The molecule has 0 atom stereocenters. The highest BCUT2D eigenvalue weighted by molar-refractivity contribution is 5.55. The summed E-state index contributed by atoms with van der Waals surface area (Å²) >= 11 is 0. The molecule has 0 bridgehead atoms. The smallest absolute Gasteiger partial charge is 0.0693 e. The van der Waals surface area contributed by atoms with E-state index < -0.39 is 0 Å². The Hall–Kier alpha value is -1.52. The van der Waals surface area contributed by atoms with Gasteiger partial charge >= 0.3 is 0 Å². The van der Waals surface area contributed by atoms with Crippen LogP contribution in [0.15, 0.2) is 35.9 Å². The molecule has 4 heteroatoms. The van der Waals surface area contributed by atoms with Crippen molar-refractivity contribution in [2.24, 2.45) is 0 Å². The maximum Gasteiger partial charge on any atom is 0.0693 e. The minimum absolute atomic E-state index is 0.171. The second kappa shape index (κ2) is 7.16. The van der Waals surface area contributed by atoms with Gasteiger partial charge in [0.25, 0.3) is 0 Å². The van der Waals surface area contributed by atoms with E-state index in [9.17, 15) is 0 Å². The summed E-state index contributed by atoms with van der Waals surface area (Å²) in [6.45, 7) is 3.24. The van der Waals surface area contributed by atoms with Gasteiger partial charge in [-0.15, -0.1) is 0 Å². The highest BCUT2D eigenvalue weighted by Gasteiger charge is 2.04. The van der Waals surface area contributed by atoms with Crippen LogP contribution in [0.25, 0.3) is 0 Å². The highest BCUT2D eigenvalue weighted by atomic mass is 16.5. The highest BCUT2D eigenvalue weighted by Crippen LogP contribution is 2.17. The van der Waals surface area contributed by atoms with E-state index in [0.29, 0.717) is 6.54 Å². The Kier molecular flexibility index (Phi) is 5.24. The first-order chi connectivity index (χ1) is 9.29. The first-order valence-corrected chi connectivity index (χ1v) is 6.71. The molecule has 2 N–H and O–H groups in total. The molecule has 0 unspecified atom stereocenters. The van der Waals surface area contributed by atoms with Crippen LogP contribution in [-0.4, -0.2) is 45.1 Å². The van der Waals surface area contributed by atoms with Gasteiger partial charge in [-0.1, -0.05) is 6.08 Å². The molecular weight excluding hydrogens is 240 g/mol. The minimum atomic E-state index is 0.171. The van der Waals surface area contributed by atoms with E-state index in [-0.39, 0.29) is 6.61 Å². The Labute approximate surface area is 114 Å². The van der Waals surface area contributed by atoms with Crippen molar-refractivity contribution < 1.29 is 9.84 Å². The molecule has 0 fully saturated rings. The number of anilines is 2. The van der Waals surface area contributed by atoms with E-state index >= 15 is 0 Å². The molecule has 0 radical (unpaired) electrons. The lowest BCUT2D eigenvalue weighted by Gasteiger charge is -2.19. The summed E-state index contributed by atoms with van der Waals surface area (Å²) in [5.74, 6) is 0. The van der Waals surface area contributed by atoms with Crippen LogP contribution in [0.1, 0.15) is 6.42 Å². The molecule has 0 aliphatic carbocycles. The molecule has 1 aromatic carbocycles. The molecule has 19 heavy (non-hydrogen) atoms. The maximum atomic E-state index is 8.91. The lowest BCUT2D eigenvalue weighted by molar-refractivity contribution is 0.150. The Bertz CT molecular complexity index is 415. The zero-order valence-corrected chi connectivity index (χ0v) is 11.4. The van der Waals surface area contributed by atoms with E-state index in [0.717, 1.165) is 37.6 Å². The molecule has 0 aromatic heterocycles. The van der Waals surface area contributed by atoms with Gasteiger partial charge in [-0.2, -0.15) is 0 Å². The number of hydrogen-bond donors (Lipinski definition) is 2. The van der Waals surface area contributed by atoms with Crippen LogP contribution in [0, 0.1) is 0 Å². The van der Waals surface area contributed by atoms with Crippen molar-refractivity contribution in [1.82, 2.24) is 0 Å². The predicted molar refractivity (Wildman–Crippen MR) is 78.8 cm³/mol. The molecule has 1 aliphatic rings. The Morgan fingerprint density at radius 1 is 1.32 bits per heavy atom. The van der Waals surface area contributed by atoms with E-state index in [1.165, 1.54) is 5.57 Å². The van der Waals surface area contributed by atoms with Crippen molar-refractivity contribution in [2.45, 2.75) is 6.42 Å². The van der Waals surface area contributed by atoms with Gasteiger partial charge in [0.2, 0.25) is 0 Å². The van der Waals surface area contributed by atoms with Crippen LogP contribution < -0.4 is 10.2 Å². The summed E-state index contributed by atoms with van der Waals surface area (Å²) < 4.78 is 5.41. The topological polar surface area (TPSA) is 44.7 Å². The summed E-state index contributed by atoms with van der Waals surface area (Å²) in [7, 11) is 1.98. The number of nitrogens with zero attached hydrogens (tertiary/aromatic N) is 1. The van der Waals surface area contributed by atoms with Crippen LogP contribution >= 0.6 is 0 Å². The van der Waals surface area contributed by atoms with E-state index in [1.807, 2.05) is 11.9 Å². The first kappa shape index (κ1) is 13.9. The fourth-order valence-electron chi connectivity index (χ4n) is 2.06. The second-order valence-corrected chi connectivity index (χ2v) is 4.75. The number of benzene rings is 1. The standard InChI is InChI=1S/C15H22N2O2/c1-17(8-9-18)15-6-4-14(5-7-15)16-11-13-3-2-10-19-12-13/h3-7,16,18H,2,8-12H2,1H3. The normalized spacial score (nSPS) is 14.9. The van der Waals surface area contributed by atoms with E-state index in [2.05, 4.69) is 35.7 Å². The fourth-order valence-corrected chi connectivity index (χ4v) is 2.06. The largest absolute Gasteiger partial charge is 0.395 e. The van der Waals surface area contributed by atoms with Gasteiger partial charge in [-0.25, -0.2) is 0 Å². The molecule has 0 saturated heterocycles. The molecule has 0 amide bonds. The van der Waals surface area contributed by atoms with Crippen molar-refractivity contribution in [2.75, 3.05) is 50.2 Å². The van der Waals surface area contributed by atoms with E-state index in [4.69, 9.17) is 9.84 Å². The van der Waals surface area contributed by atoms with Crippen molar-refractivity contribution in [3.8, 4) is 0 Å². The third-order valence-electron chi connectivity index (χ3n) is 3.25. The number of likely N-dealkylation sites (N-methyl/N-ethyl adjacent to an activating group) is 1. The van der Waals surface area contributed by atoms with Crippen LogP contribution in [0.4, 0.5) is 11.4 Å². The molecule has 0 saturated carbocycles. The van der Waals surface area contributed by atoms with E-state index in [1.54, 1.807) is 0 Å². The number of nitrogens with one attached hydrogen (secondary N) is 1. The number of aliphatic hydroxyl groups excluding tert-OH is 1. The van der Waals surface area contributed by atoms with Gasteiger partial charge in [0.15, 0.2) is 0 Å². The van der Waals surface area contributed by atoms with Gasteiger partial charge in [0, 0.05) is 31.5 Å². The lowest BCUT2D eigenvalue weighted by Crippen LogP contribution is -2.21. The molecule has 2 rings (SSSR count). The molecular formula is C15H22N2O2. The fraction of sp³-hybridized carbons (Fsp3) is 0.467. The number of hydrogen-bond acceptors (Lipinski definition) is 4. The number of rotatable bonds is 6. The second-order valence-electron chi connectivity index (χ2n) is 4.75. The number of ether oxygens (including phenoxy) is 1. The van der Waals surface area contributed by atoms with Crippen LogP contribution in [-0.2, 0) is 4.74 Å². The molecule has 1 heterocycles. The first-order valence-electron chi connectivity index (χ1n) is 6.71. The zero-order chi connectivity index (χ0) is 13.5. The third-order valence-corrected chi connectivity index (χ3v) is 3.25. The monoisotopic (exact) mass is 262 g/mol. The number of aliphatic hydroxyl groups is 1. The molecule has 1 aromatic rings. The summed E-state index contributed by atoms with van der Waals surface area (Å²) in [5.41, 5.74) is 3.53. The average molecular weight is 262 g/mol. The molecule has 0 spiro atoms. The summed E-state index contributed by atoms with van der Waals surface area (Å²) in [6, 6.07) is 8.24. The van der Waals surface area contributed by atoms with Crippen molar-refractivity contribution in [3.63, 3.8) is 0 Å². The maximum absolute atomic E-state index is 8.91. The van der Waals surface area contributed by atoms with Gasteiger partial charge in [-0.05, 0) is 36.3 Å². The molecule has 4 nitrogen and oxygen atoms in total. The summed E-state index contributed by atoms with van der Waals surface area (Å²) in [5, 5.41) is 12.3. The Morgan fingerprint density at radius 2 is 2.11 bits per heavy atom. The van der Waals surface area contributed by atoms with Crippen LogP contribution in [0.5, 0.6) is 0 Å². The van der Waals surface area contributed by atoms with Crippen molar-refractivity contribution in [1.29, 1.82) is 0 Å².